The topological polar surface area (TPSA) is 34.0 Å². The number of rotatable bonds is 3. The second-order valence-corrected chi connectivity index (χ2v) is 4.47. The number of aromatic nitrogens is 1. The molecule has 0 aliphatic rings. The van der Waals surface area contributed by atoms with Gasteiger partial charge in [0.1, 0.15) is 7.85 Å². The van der Waals surface area contributed by atoms with Crippen LogP contribution in [0.2, 0.25) is 0 Å². The summed E-state index contributed by atoms with van der Waals surface area (Å²) in [5, 5.41) is 0. The molecule has 0 aliphatic heterocycles. The molecule has 5 heteroatoms. The van der Waals surface area contributed by atoms with Crippen molar-refractivity contribution in [1.29, 1.82) is 0 Å². The van der Waals surface area contributed by atoms with Gasteiger partial charge in [-0.15, -0.1) is 0 Å². The lowest BCUT2D eigenvalue weighted by Crippen LogP contribution is -2.31. The fourth-order valence-corrected chi connectivity index (χ4v) is 2.13. The quantitative estimate of drug-likeness (QED) is 0.549. The Balaban J connectivity index is 3.24. The minimum absolute atomic E-state index is 0.0184. The number of hydrogen-bond acceptors (Lipinski definition) is 3. The molecule has 1 N–H and O–H groups in total. The maximum atomic E-state index is 11.5. The third kappa shape index (κ3) is 2.66. The van der Waals surface area contributed by atoms with Crippen molar-refractivity contribution >= 4 is 26.1 Å². The highest BCUT2D eigenvalue weighted by Crippen LogP contribution is 2.18. The summed E-state index contributed by atoms with van der Waals surface area (Å²) in [6, 6.07) is 1.80. The van der Waals surface area contributed by atoms with Crippen LogP contribution in [0, 0.1) is 5.92 Å². The molecule has 0 fully saturated rings. The van der Waals surface area contributed by atoms with Crippen LogP contribution in [-0.4, -0.2) is 12.4 Å². The summed E-state index contributed by atoms with van der Waals surface area (Å²) in [6.07, 6.45) is 1.86. The van der Waals surface area contributed by atoms with Gasteiger partial charge in [0.05, 0.1) is 0 Å². The monoisotopic (exact) mass is 224 g/mol. The molecule has 0 aliphatic carbocycles. The Morgan fingerprint density at radius 3 is 2.60 bits per heavy atom. The second kappa shape index (κ2) is 4.90. The normalized spacial score (nSPS) is 13.1. The lowest BCUT2D eigenvalue weighted by molar-refractivity contribution is 0.489. The van der Waals surface area contributed by atoms with Gasteiger partial charge in [0.25, 0.3) is 5.56 Å². The van der Waals surface area contributed by atoms with E-state index in [1.54, 1.807) is 17.7 Å². The van der Waals surface area contributed by atoms with E-state index in [9.17, 15) is 4.79 Å². The maximum absolute atomic E-state index is 11.5. The summed E-state index contributed by atoms with van der Waals surface area (Å²) in [7, 11) is 3.77. The predicted molar refractivity (Wildman–Crippen MR) is 69.6 cm³/mol. The van der Waals surface area contributed by atoms with Crippen LogP contribution in [0.1, 0.15) is 25.5 Å². The third-order valence-corrected chi connectivity index (χ3v) is 2.89. The van der Waals surface area contributed by atoms with Crippen LogP contribution >= 0.6 is 12.8 Å². The smallest absolute Gasteiger partial charge is 0.250 e. The molecule has 1 heterocycles. The van der Waals surface area contributed by atoms with Gasteiger partial charge in [-0.1, -0.05) is 32.1 Å². The Hall–Kier alpha value is -0.675. The Morgan fingerprint density at radius 2 is 2.13 bits per heavy atom. The average molecular weight is 224 g/mol. The van der Waals surface area contributed by atoms with Crippen molar-refractivity contribution in [1.82, 2.24) is 9.29 Å². The highest BCUT2D eigenvalue weighted by Gasteiger charge is 2.16. The number of nitrogens with one attached hydrogen (secondary N) is 1. The third-order valence-electron chi connectivity index (χ3n) is 2.61. The van der Waals surface area contributed by atoms with Crippen LogP contribution in [0.15, 0.2) is 17.1 Å². The Labute approximate surface area is 96.8 Å². The van der Waals surface area contributed by atoms with E-state index in [2.05, 4.69) is 31.4 Å². The van der Waals surface area contributed by atoms with Crippen LogP contribution in [-0.2, 0) is 7.05 Å². The summed E-state index contributed by atoms with van der Waals surface area (Å²) in [6.45, 7) is 4.20. The first kappa shape index (κ1) is 12.4. The molecule has 0 spiro atoms. The lowest BCUT2D eigenvalue weighted by Gasteiger charge is -2.22. The van der Waals surface area contributed by atoms with E-state index < -0.39 is 0 Å². The SMILES string of the molecule is Bc1cn(C)c(=O)cc1[C@@H](NS)C(C)C. The van der Waals surface area contributed by atoms with E-state index in [0.717, 1.165) is 11.0 Å². The summed E-state index contributed by atoms with van der Waals surface area (Å²) >= 11 is 4.11. The standard InChI is InChI=1S/C10H17BN2OS/c1-6(2)10(12-15)7-4-9(14)13(3)5-8(7)11/h4-6,10,12,15H,11H2,1-3H3/t10-/m0/s1. The highest BCUT2D eigenvalue weighted by molar-refractivity contribution is 7.78. The van der Waals surface area contributed by atoms with Crippen molar-refractivity contribution in [2.45, 2.75) is 19.9 Å². The van der Waals surface area contributed by atoms with Gasteiger partial charge < -0.3 is 4.57 Å². The van der Waals surface area contributed by atoms with Gasteiger partial charge in [0, 0.05) is 25.4 Å². The van der Waals surface area contributed by atoms with Crippen molar-refractivity contribution in [2.75, 3.05) is 0 Å². The molecule has 0 amide bonds. The molecule has 1 rings (SSSR count). The van der Waals surface area contributed by atoms with Gasteiger partial charge in [-0.2, -0.15) is 0 Å². The van der Waals surface area contributed by atoms with Crippen molar-refractivity contribution in [3.8, 4) is 0 Å². The molecule has 82 valence electrons. The van der Waals surface area contributed by atoms with Crippen molar-refractivity contribution < 1.29 is 0 Å². The number of nitrogens with zero attached hydrogens (tertiary/aromatic N) is 1. The Bertz CT molecular complexity index is 403. The fraction of sp³-hybridized carbons (Fsp3) is 0.500. The molecule has 0 saturated heterocycles. The zero-order chi connectivity index (χ0) is 11.6. The Kier molecular flexibility index (Phi) is 4.05. The zero-order valence-corrected chi connectivity index (χ0v) is 10.5. The largest absolute Gasteiger partial charge is 0.319 e. The van der Waals surface area contributed by atoms with Crippen LogP contribution in [0.5, 0.6) is 0 Å². The number of pyridine rings is 1. The van der Waals surface area contributed by atoms with Crippen LogP contribution < -0.4 is 15.7 Å². The van der Waals surface area contributed by atoms with Crippen molar-refractivity contribution in [3.63, 3.8) is 0 Å². The summed E-state index contributed by atoms with van der Waals surface area (Å²) in [4.78, 5) is 11.5. The van der Waals surface area contributed by atoms with E-state index in [1.807, 2.05) is 14.0 Å². The number of aryl methyl sites for hydroxylation is 1. The van der Waals surface area contributed by atoms with Gasteiger partial charge in [0.15, 0.2) is 0 Å². The predicted octanol–water partition coefficient (Wildman–Crippen LogP) is -0.225. The van der Waals surface area contributed by atoms with E-state index in [-0.39, 0.29) is 11.6 Å². The molecular weight excluding hydrogens is 207 g/mol. The molecule has 3 nitrogen and oxygen atoms in total. The van der Waals surface area contributed by atoms with E-state index in [4.69, 9.17) is 0 Å². The molecule has 0 radical (unpaired) electrons. The molecule has 15 heavy (non-hydrogen) atoms. The van der Waals surface area contributed by atoms with Gasteiger partial charge >= 0.3 is 0 Å². The second-order valence-electron chi connectivity index (χ2n) is 4.21. The lowest BCUT2D eigenvalue weighted by atomic mass is 9.85. The molecular formula is C10H17BN2OS. The van der Waals surface area contributed by atoms with Crippen LogP contribution in [0.25, 0.3) is 0 Å². The molecule has 1 aromatic heterocycles. The molecule has 1 aromatic rings. The van der Waals surface area contributed by atoms with Crippen molar-refractivity contribution in [2.24, 2.45) is 13.0 Å². The Morgan fingerprint density at radius 1 is 1.53 bits per heavy atom. The van der Waals surface area contributed by atoms with Crippen LogP contribution in [0.3, 0.4) is 0 Å². The minimum Gasteiger partial charge on any atom is -0.319 e. The maximum Gasteiger partial charge on any atom is 0.250 e. The van der Waals surface area contributed by atoms with E-state index in [0.29, 0.717) is 5.92 Å². The number of hydrogen-bond donors (Lipinski definition) is 2. The van der Waals surface area contributed by atoms with E-state index >= 15 is 0 Å². The summed E-state index contributed by atoms with van der Waals surface area (Å²) in [5.74, 6) is 0.397. The first-order valence-corrected chi connectivity index (χ1v) is 5.49. The minimum atomic E-state index is 0.0184. The van der Waals surface area contributed by atoms with Crippen LogP contribution in [0.4, 0.5) is 0 Å². The van der Waals surface area contributed by atoms with Gasteiger partial charge in [0.2, 0.25) is 0 Å². The molecule has 0 bridgehead atoms. The zero-order valence-electron chi connectivity index (χ0n) is 9.61. The molecule has 0 unspecified atom stereocenters. The molecule has 0 aromatic carbocycles. The first-order valence-electron chi connectivity index (χ1n) is 5.04. The highest BCUT2D eigenvalue weighted by atomic mass is 32.1. The van der Waals surface area contributed by atoms with Gasteiger partial charge in [-0.25, -0.2) is 0 Å². The summed E-state index contributed by atoms with van der Waals surface area (Å²) < 4.78 is 4.54. The fourth-order valence-electron chi connectivity index (χ4n) is 1.69. The van der Waals surface area contributed by atoms with Gasteiger partial charge in [-0.05, 0) is 11.5 Å². The van der Waals surface area contributed by atoms with E-state index in [1.165, 1.54) is 0 Å². The van der Waals surface area contributed by atoms with Gasteiger partial charge in [-0.3, -0.25) is 9.52 Å². The van der Waals surface area contributed by atoms with Crippen molar-refractivity contribution in [3.05, 3.63) is 28.2 Å². The number of thiol groups is 1. The molecule has 0 saturated carbocycles. The first-order chi connectivity index (χ1) is 6.97. The summed E-state index contributed by atoms with van der Waals surface area (Å²) in [5.41, 5.74) is 2.16. The average Bonchev–Trinajstić information content (AvgIpc) is 2.14. The molecule has 1 atom stereocenters.